The van der Waals surface area contributed by atoms with Crippen LogP contribution in [0.15, 0.2) is 54.9 Å². The van der Waals surface area contributed by atoms with Crippen molar-refractivity contribution < 1.29 is 4.79 Å². The molecule has 0 unspecified atom stereocenters. The molecule has 0 fully saturated rings. The summed E-state index contributed by atoms with van der Waals surface area (Å²) in [5, 5.41) is 3.71. The van der Waals surface area contributed by atoms with Crippen molar-refractivity contribution in [1.29, 1.82) is 0 Å². The van der Waals surface area contributed by atoms with Crippen molar-refractivity contribution >= 4 is 28.8 Å². The van der Waals surface area contributed by atoms with Crippen molar-refractivity contribution in [2.75, 3.05) is 5.32 Å². The Morgan fingerprint density at radius 2 is 1.76 bits per heavy atom. The highest BCUT2D eigenvalue weighted by Gasteiger charge is 2.15. The molecule has 2 aromatic carbocycles. The van der Waals surface area contributed by atoms with Gasteiger partial charge in [0.05, 0.1) is 16.9 Å². The largest absolute Gasteiger partial charge is 0.354 e. The van der Waals surface area contributed by atoms with E-state index >= 15 is 0 Å². The Hall–Kier alpha value is -2.65. The van der Waals surface area contributed by atoms with Crippen LogP contribution in [0, 0.1) is 20.8 Å². The summed E-state index contributed by atoms with van der Waals surface area (Å²) in [6.45, 7) is 5.91. The van der Waals surface area contributed by atoms with Gasteiger partial charge in [-0.25, -0.2) is 0 Å². The molecule has 0 spiro atoms. The molecule has 0 atom stereocenters. The van der Waals surface area contributed by atoms with Gasteiger partial charge in [-0.3, -0.25) is 9.78 Å². The van der Waals surface area contributed by atoms with Crippen molar-refractivity contribution in [2.24, 2.45) is 0 Å². The van der Waals surface area contributed by atoms with Crippen LogP contribution in [0.3, 0.4) is 0 Å². The maximum absolute atomic E-state index is 12.8. The van der Waals surface area contributed by atoms with Crippen LogP contribution in [-0.2, 0) is 0 Å². The predicted octanol–water partition coefficient (Wildman–Crippen LogP) is 5.63. The van der Waals surface area contributed by atoms with E-state index in [0.29, 0.717) is 16.1 Å². The third kappa shape index (κ3) is 3.72. The molecular formula is C21H19ClN2O. The van der Waals surface area contributed by atoms with Gasteiger partial charge in [-0.1, -0.05) is 29.3 Å². The van der Waals surface area contributed by atoms with E-state index in [2.05, 4.69) is 10.3 Å². The van der Waals surface area contributed by atoms with Gasteiger partial charge in [0.25, 0.3) is 0 Å². The molecule has 1 heterocycles. The average Bonchev–Trinajstić information content (AvgIpc) is 2.59. The zero-order chi connectivity index (χ0) is 18.0. The summed E-state index contributed by atoms with van der Waals surface area (Å²) in [6.07, 6.45) is 3.51. The van der Waals surface area contributed by atoms with Crippen molar-refractivity contribution in [3.8, 4) is 0 Å². The highest BCUT2D eigenvalue weighted by atomic mass is 35.5. The molecule has 1 N–H and O–H groups in total. The smallest absolute Gasteiger partial charge is 0.194 e. The highest BCUT2D eigenvalue weighted by molar-refractivity contribution is 6.35. The molecule has 0 amide bonds. The number of carbonyl (C=O) groups is 1. The van der Waals surface area contributed by atoms with E-state index in [-0.39, 0.29) is 5.78 Å². The van der Waals surface area contributed by atoms with Gasteiger partial charge in [0.2, 0.25) is 0 Å². The van der Waals surface area contributed by atoms with E-state index in [1.54, 1.807) is 24.5 Å². The van der Waals surface area contributed by atoms with Crippen LogP contribution < -0.4 is 5.32 Å². The van der Waals surface area contributed by atoms with Crippen molar-refractivity contribution in [3.05, 3.63) is 87.7 Å². The summed E-state index contributed by atoms with van der Waals surface area (Å²) in [7, 11) is 0. The van der Waals surface area contributed by atoms with E-state index in [4.69, 9.17) is 11.6 Å². The summed E-state index contributed by atoms with van der Waals surface area (Å²) in [4.78, 5) is 17.0. The molecule has 3 rings (SSSR count). The number of halogens is 1. The zero-order valence-corrected chi connectivity index (χ0v) is 15.2. The van der Waals surface area contributed by atoms with E-state index in [9.17, 15) is 4.79 Å². The maximum Gasteiger partial charge on any atom is 0.194 e. The summed E-state index contributed by atoms with van der Waals surface area (Å²) < 4.78 is 0. The van der Waals surface area contributed by atoms with Crippen LogP contribution in [0.25, 0.3) is 0 Å². The highest BCUT2D eigenvalue weighted by Crippen LogP contribution is 2.27. The van der Waals surface area contributed by atoms with Gasteiger partial charge in [-0.15, -0.1) is 0 Å². The Morgan fingerprint density at radius 1 is 0.960 bits per heavy atom. The Morgan fingerprint density at radius 3 is 2.48 bits per heavy atom. The Labute approximate surface area is 152 Å². The van der Waals surface area contributed by atoms with E-state index in [1.807, 2.05) is 51.1 Å². The van der Waals surface area contributed by atoms with E-state index in [0.717, 1.165) is 28.1 Å². The van der Waals surface area contributed by atoms with Crippen LogP contribution in [0.1, 0.15) is 32.6 Å². The van der Waals surface area contributed by atoms with Crippen LogP contribution in [0.2, 0.25) is 5.02 Å². The standard InChI is InChI=1S/C21H19ClN2O/c1-13-4-5-14(2)18(10-13)21(25)17-7-6-16(11-19(17)22)24-20-12-23-9-8-15(20)3/h4-12,24H,1-3H3. The second-order valence-electron chi connectivity index (χ2n) is 6.16. The van der Waals surface area contributed by atoms with Gasteiger partial charge in [-0.2, -0.15) is 0 Å². The number of nitrogens with zero attached hydrogens (tertiary/aromatic N) is 1. The van der Waals surface area contributed by atoms with Gasteiger partial charge in [-0.05, 0) is 62.2 Å². The molecule has 0 radical (unpaired) electrons. The number of aromatic nitrogens is 1. The third-order valence-corrected chi connectivity index (χ3v) is 4.48. The molecule has 3 aromatic rings. The summed E-state index contributed by atoms with van der Waals surface area (Å²) in [6, 6.07) is 13.2. The summed E-state index contributed by atoms with van der Waals surface area (Å²) in [5.74, 6) is -0.0599. The van der Waals surface area contributed by atoms with Gasteiger partial charge in [0.1, 0.15) is 0 Å². The minimum absolute atomic E-state index is 0.0599. The summed E-state index contributed by atoms with van der Waals surface area (Å²) in [5.41, 5.74) is 6.00. The molecule has 126 valence electrons. The topological polar surface area (TPSA) is 42.0 Å². The van der Waals surface area contributed by atoms with E-state index < -0.39 is 0 Å². The average molecular weight is 351 g/mol. The van der Waals surface area contributed by atoms with Gasteiger partial charge in [0.15, 0.2) is 5.78 Å². The van der Waals surface area contributed by atoms with Crippen molar-refractivity contribution in [2.45, 2.75) is 20.8 Å². The fourth-order valence-electron chi connectivity index (χ4n) is 2.65. The second-order valence-corrected chi connectivity index (χ2v) is 6.56. The van der Waals surface area contributed by atoms with Gasteiger partial charge < -0.3 is 5.32 Å². The number of rotatable bonds is 4. The fraction of sp³-hybridized carbons (Fsp3) is 0.143. The monoisotopic (exact) mass is 350 g/mol. The predicted molar refractivity (Wildman–Crippen MR) is 103 cm³/mol. The molecule has 0 aliphatic carbocycles. The van der Waals surface area contributed by atoms with Crippen LogP contribution in [0.4, 0.5) is 11.4 Å². The molecule has 0 aliphatic heterocycles. The minimum Gasteiger partial charge on any atom is -0.354 e. The number of benzene rings is 2. The second kappa shape index (κ2) is 7.08. The summed E-state index contributed by atoms with van der Waals surface area (Å²) >= 11 is 6.40. The molecular weight excluding hydrogens is 332 g/mol. The number of nitrogens with one attached hydrogen (secondary N) is 1. The number of hydrogen-bond acceptors (Lipinski definition) is 3. The molecule has 4 heteroatoms. The SMILES string of the molecule is Cc1ccc(C)c(C(=O)c2ccc(Nc3cnccc3C)cc2Cl)c1. The molecule has 0 saturated carbocycles. The molecule has 0 saturated heterocycles. The molecule has 25 heavy (non-hydrogen) atoms. The lowest BCUT2D eigenvalue weighted by Crippen LogP contribution is -2.05. The normalized spacial score (nSPS) is 10.6. The number of pyridine rings is 1. The lowest BCUT2D eigenvalue weighted by Gasteiger charge is -2.12. The Balaban J connectivity index is 1.91. The van der Waals surface area contributed by atoms with Crippen molar-refractivity contribution in [3.63, 3.8) is 0 Å². The fourth-order valence-corrected chi connectivity index (χ4v) is 2.92. The van der Waals surface area contributed by atoms with Gasteiger partial charge in [0, 0.05) is 23.0 Å². The first kappa shape index (κ1) is 17.2. The quantitative estimate of drug-likeness (QED) is 0.619. The molecule has 1 aromatic heterocycles. The molecule has 3 nitrogen and oxygen atoms in total. The number of anilines is 2. The maximum atomic E-state index is 12.8. The molecule has 0 aliphatic rings. The van der Waals surface area contributed by atoms with Crippen LogP contribution in [0.5, 0.6) is 0 Å². The van der Waals surface area contributed by atoms with Gasteiger partial charge >= 0.3 is 0 Å². The van der Waals surface area contributed by atoms with Crippen molar-refractivity contribution in [1.82, 2.24) is 4.98 Å². The number of aryl methyl sites for hydroxylation is 3. The number of ketones is 1. The number of carbonyl (C=O) groups excluding carboxylic acids is 1. The first-order chi connectivity index (χ1) is 12.0. The lowest BCUT2D eigenvalue weighted by molar-refractivity contribution is 0.103. The van der Waals surface area contributed by atoms with E-state index in [1.165, 1.54) is 0 Å². The number of hydrogen-bond donors (Lipinski definition) is 1. The zero-order valence-electron chi connectivity index (χ0n) is 14.4. The first-order valence-corrected chi connectivity index (χ1v) is 8.42. The van der Waals surface area contributed by atoms with Crippen LogP contribution >= 0.6 is 11.6 Å². The Kier molecular flexibility index (Phi) is 4.86. The third-order valence-electron chi connectivity index (χ3n) is 4.17. The van der Waals surface area contributed by atoms with Crippen LogP contribution in [-0.4, -0.2) is 10.8 Å². The molecule has 0 bridgehead atoms. The Bertz CT molecular complexity index is 950. The lowest BCUT2D eigenvalue weighted by atomic mass is 9.97. The first-order valence-electron chi connectivity index (χ1n) is 8.05. The minimum atomic E-state index is -0.0599.